The summed E-state index contributed by atoms with van der Waals surface area (Å²) in [5, 5.41) is 2.95. The van der Waals surface area contributed by atoms with Crippen LogP contribution in [-0.2, 0) is 4.79 Å². The minimum Gasteiger partial charge on any atom is -0.354 e. The third kappa shape index (κ3) is 7.78. The highest BCUT2D eigenvalue weighted by Crippen LogP contribution is 2.00. The van der Waals surface area contributed by atoms with Gasteiger partial charge in [-0.3, -0.25) is 4.79 Å². The molecule has 3 nitrogen and oxygen atoms in total. The molecule has 0 rings (SSSR count). The van der Waals surface area contributed by atoms with E-state index in [2.05, 4.69) is 5.32 Å². The van der Waals surface area contributed by atoms with Crippen LogP contribution in [0.25, 0.3) is 0 Å². The Labute approximate surface area is 81.1 Å². The van der Waals surface area contributed by atoms with Gasteiger partial charge in [0.1, 0.15) is 0 Å². The average Bonchev–Trinajstić information content (AvgIpc) is 1.98. The van der Waals surface area contributed by atoms with Crippen molar-refractivity contribution in [3.8, 4) is 0 Å². The van der Waals surface area contributed by atoms with Crippen molar-refractivity contribution in [3.05, 3.63) is 0 Å². The second kappa shape index (κ2) is 6.89. The van der Waals surface area contributed by atoms with Crippen molar-refractivity contribution < 1.29 is 4.79 Å². The Bertz CT molecular complexity index is 146. The second-order valence-corrected chi connectivity index (χ2v) is 4.00. The quantitative estimate of drug-likeness (QED) is 0.656. The number of carbonyl (C=O) groups excluding carboxylic acids is 1. The van der Waals surface area contributed by atoms with Gasteiger partial charge in [-0.15, -0.1) is 0 Å². The Kier molecular flexibility index (Phi) is 6.59. The van der Waals surface area contributed by atoms with Crippen LogP contribution in [-0.4, -0.2) is 18.5 Å². The number of amides is 1. The summed E-state index contributed by atoms with van der Waals surface area (Å²) in [5.74, 6) is 0.584. The topological polar surface area (TPSA) is 55.1 Å². The van der Waals surface area contributed by atoms with Crippen LogP contribution in [0.5, 0.6) is 0 Å². The summed E-state index contributed by atoms with van der Waals surface area (Å²) in [5.41, 5.74) is 5.38. The number of hydrogen-bond acceptors (Lipinski definition) is 2. The van der Waals surface area contributed by atoms with Crippen LogP contribution < -0.4 is 11.1 Å². The van der Waals surface area contributed by atoms with E-state index in [0.29, 0.717) is 18.9 Å². The molecule has 0 aromatic rings. The molecular formula is C10H22N2O. The van der Waals surface area contributed by atoms with Gasteiger partial charge < -0.3 is 11.1 Å². The van der Waals surface area contributed by atoms with Gasteiger partial charge in [0.15, 0.2) is 0 Å². The third-order valence-corrected chi connectivity index (χ3v) is 1.84. The molecule has 0 aliphatic rings. The lowest BCUT2D eigenvalue weighted by molar-refractivity contribution is -0.122. The first-order valence-corrected chi connectivity index (χ1v) is 5.05. The van der Waals surface area contributed by atoms with E-state index in [-0.39, 0.29) is 11.9 Å². The molecule has 0 heterocycles. The number of carbonyl (C=O) groups is 1. The molecule has 0 aliphatic carbocycles. The standard InChI is InChI=1S/C10H22N2O/c1-8(2)7-10(13)12-9(3)5-4-6-11/h8-9H,4-7,11H2,1-3H3,(H,12,13). The summed E-state index contributed by atoms with van der Waals surface area (Å²) in [4.78, 5) is 11.3. The van der Waals surface area contributed by atoms with Gasteiger partial charge in [-0.25, -0.2) is 0 Å². The maximum absolute atomic E-state index is 11.3. The van der Waals surface area contributed by atoms with Crippen molar-refractivity contribution in [1.82, 2.24) is 5.32 Å². The molecule has 0 bridgehead atoms. The van der Waals surface area contributed by atoms with Crippen molar-refractivity contribution >= 4 is 5.91 Å². The lowest BCUT2D eigenvalue weighted by atomic mass is 10.1. The van der Waals surface area contributed by atoms with E-state index in [0.717, 1.165) is 12.8 Å². The fourth-order valence-electron chi connectivity index (χ4n) is 1.20. The van der Waals surface area contributed by atoms with Crippen molar-refractivity contribution in [3.63, 3.8) is 0 Å². The van der Waals surface area contributed by atoms with Gasteiger partial charge in [0, 0.05) is 12.5 Å². The summed E-state index contributed by atoms with van der Waals surface area (Å²) < 4.78 is 0. The molecule has 0 spiro atoms. The minimum absolute atomic E-state index is 0.152. The van der Waals surface area contributed by atoms with Crippen LogP contribution in [0.15, 0.2) is 0 Å². The number of hydrogen-bond donors (Lipinski definition) is 2. The Balaban J connectivity index is 3.53. The van der Waals surface area contributed by atoms with Crippen LogP contribution in [0.3, 0.4) is 0 Å². The van der Waals surface area contributed by atoms with Crippen molar-refractivity contribution in [1.29, 1.82) is 0 Å². The zero-order valence-corrected chi connectivity index (χ0v) is 8.97. The SMILES string of the molecule is CC(C)CC(=O)NC(C)CCCN. The van der Waals surface area contributed by atoms with Gasteiger partial charge in [-0.2, -0.15) is 0 Å². The first-order valence-electron chi connectivity index (χ1n) is 5.05. The summed E-state index contributed by atoms with van der Waals surface area (Å²) in [6.07, 6.45) is 2.57. The molecule has 78 valence electrons. The zero-order chi connectivity index (χ0) is 10.3. The summed E-state index contributed by atoms with van der Waals surface area (Å²) in [7, 11) is 0. The van der Waals surface area contributed by atoms with Gasteiger partial charge in [0.05, 0.1) is 0 Å². The molecule has 0 saturated carbocycles. The van der Waals surface area contributed by atoms with E-state index < -0.39 is 0 Å². The molecule has 13 heavy (non-hydrogen) atoms. The molecule has 1 amide bonds. The lowest BCUT2D eigenvalue weighted by Gasteiger charge is -2.14. The Morgan fingerprint density at radius 2 is 2.00 bits per heavy atom. The fraction of sp³-hybridized carbons (Fsp3) is 0.900. The summed E-state index contributed by atoms with van der Waals surface area (Å²) in [6, 6.07) is 0.259. The minimum atomic E-state index is 0.152. The Morgan fingerprint density at radius 1 is 1.38 bits per heavy atom. The van der Waals surface area contributed by atoms with Crippen molar-refractivity contribution in [2.24, 2.45) is 11.7 Å². The van der Waals surface area contributed by atoms with Gasteiger partial charge in [0.2, 0.25) is 5.91 Å². The van der Waals surface area contributed by atoms with Crippen LogP contribution in [0, 0.1) is 5.92 Å². The van der Waals surface area contributed by atoms with E-state index in [1.807, 2.05) is 20.8 Å². The van der Waals surface area contributed by atoms with Gasteiger partial charge >= 0.3 is 0 Å². The highest BCUT2D eigenvalue weighted by atomic mass is 16.1. The molecule has 1 atom stereocenters. The first-order chi connectivity index (χ1) is 6.06. The zero-order valence-electron chi connectivity index (χ0n) is 8.97. The maximum atomic E-state index is 11.3. The summed E-state index contributed by atoms with van der Waals surface area (Å²) >= 11 is 0. The Morgan fingerprint density at radius 3 is 2.46 bits per heavy atom. The Hall–Kier alpha value is -0.570. The van der Waals surface area contributed by atoms with Gasteiger partial charge in [0.25, 0.3) is 0 Å². The molecule has 3 heteroatoms. The highest BCUT2D eigenvalue weighted by molar-refractivity contribution is 5.76. The predicted molar refractivity (Wildman–Crippen MR) is 55.3 cm³/mol. The number of nitrogens with two attached hydrogens (primary N) is 1. The molecule has 1 unspecified atom stereocenters. The smallest absolute Gasteiger partial charge is 0.220 e. The van der Waals surface area contributed by atoms with Crippen LogP contribution in [0.1, 0.15) is 40.0 Å². The molecule has 3 N–H and O–H groups in total. The lowest BCUT2D eigenvalue weighted by Crippen LogP contribution is -2.33. The predicted octanol–water partition coefficient (Wildman–Crippen LogP) is 1.28. The summed E-state index contributed by atoms with van der Waals surface area (Å²) in [6.45, 7) is 6.81. The molecule has 0 aromatic carbocycles. The molecule has 0 radical (unpaired) electrons. The molecule has 0 fully saturated rings. The second-order valence-electron chi connectivity index (χ2n) is 4.00. The molecule has 0 saturated heterocycles. The largest absolute Gasteiger partial charge is 0.354 e. The maximum Gasteiger partial charge on any atom is 0.220 e. The molecule has 0 aliphatic heterocycles. The van der Waals surface area contributed by atoms with Crippen LogP contribution >= 0.6 is 0 Å². The van der Waals surface area contributed by atoms with Crippen molar-refractivity contribution in [2.75, 3.05) is 6.54 Å². The van der Waals surface area contributed by atoms with Gasteiger partial charge in [-0.1, -0.05) is 13.8 Å². The average molecular weight is 186 g/mol. The van der Waals surface area contributed by atoms with Crippen molar-refractivity contribution in [2.45, 2.75) is 46.1 Å². The van der Waals surface area contributed by atoms with Crippen LogP contribution in [0.4, 0.5) is 0 Å². The first kappa shape index (κ1) is 12.4. The van der Waals surface area contributed by atoms with E-state index >= 15 is 0 Å². The van der Waals surface area contributed by atoms with E-state index in [1.165, 1.54) is 0 Å². The van der Waals surface area contributed by atoms with E-state index in [4.69, 9.17) is 5.73 Å². The number of rotatable bonds is 6. The normalized spacial score (nSPS) is 13.0. The van der Waals surface area contributed by atoms with E-state index in [1.54, 1.807) is 0 Å². The molecule has 0 aromatic heterocycles. The monoisotopic (exact) mass is 186 g/mol. The number of nitrogens with one attached hydrogen (secondary N) is 1. The highest BCUT2D eigenvalue weighted by Gasteiger charge is 2.07. The van der Waals surface area contributed by atoms with E-state index in [9.17, 15) is 4.79 Å². The van der Waals surface area contributed by atoms with Crippen LogP contribution in [0.2, 0.25) is 0 Å². The molecular weight excluding hydrogens is 164 g/mol. The fourth-order valence-corrected chi connectivity index (χ4v) is 1.20. The third-order valence-electron chi connectivity index (χ3n) is 1.84. The van der Waals surface area contributed by atoms with Gasteiger partial charge in [-0.05, 0) is 32.2 Å².